The lowest BCUT2D eigenvalue weighted by Crippen LogP contribution is -2.41. The number of aliphatic carboxylic acids is 1. The highest BCUT2D eigenvalue weighted by Gasteiger charge is 2.61. The topological polar surface area (TPSA) is 198 Å². The van der Waals surface area contributed by atoms with Crippen molar-refractivity contribution in [3.63, 3.8) is 0 Å². The Morgan fingerprint density at radius 3 is 2.41 bits per heavy atom. The first-order chi connectivity index (χ1) is 17.1. The van der Waals surface area contributed by atoms with E-state index in [9.17, 15) is 39.6 Å². The number of carbonyl (C=O) groups is 3. The van der Waals surface area contributed by atoms with Crippen LogP contribution in [0.4, 0.5) is 0 Å². The molecule has 12 nitrogen and oxygen atoms in total. The minimum absolute atomic E-state index is 0.0149. The van der Waals surface area contributed by atoms with E-state index in [1.807, 2.05) is 0 Å². The molecule has 16 heteroatoms. The molecule has 1 aliphatic rings. The van der Waals surface area contributed by atoms with Crippen LogP contribution in [0.2, 0.25) is 0 Å². The van der Waals surface area contributed by atoms with Crippen LogP contribution in [0, 0.1) is 5.92 Å². The van der Waals surface area contributed by atoms with Crippen LogP contribution in [-0.2, 0) is 45.0 Å². The fraction of sp³-hybridized carbons (Fsp3) is 0.381. The molecule has 1 amide bonds. The van der Waals surface area contributed by atoms with Crippen molar-refractivity contribution >= 4 is 59.2 Å². The van der Waals surface area contributed by atoms with Crippen LogP contribution >= 0.6 is 11.3 Å². The normalized spacial score (nSPS) is 19.8. The van der Waals surface area contributed by atoms with Crippen molar-refractivity contribution in [2.24, 2.45) is 5.92 Å². The Morgan fingerprint density at radius 1 is 1.14 bits per heavy atom. The molecule has 0 spiro atoms. The number of rotatable bonds is 13. The van der Waals surface area contributed by atoms with E-state index in [2.05, 4.69) is 10.0 Å². The highest BCUT2D eigenvalue weighted by molar-refractivity contribution is 7.92. The van der Waals surface area contributed by atoms with Gasteiger partial charge in [-0.05, 0) is 42.7 Å². The van der Waals surface area contributed by atoms with E-state index in [-0.39, 0.29) is 51.0 Å². The van der Waals surface area contributed by atoms with Crippen molar-refractivity contribution in [2.45, 2.75) is 33.2 Å². The number of nitrogens with one attached hydrogen (secondary N) is 2. The van der Waals surface area contributed by atoms with Gasteiger partial charge in [-0.15, -0.1) is 11.3 Å². The number of hydrogen-bond acceptors (Lipinski definition) is 10. The third kappa shape index (κ3) is 7.22. The molecule has 0 radical (unpaired) electrons. The van der Waals surface area contributed by atoms with Crippen molar-refractivity contribution in [3.05, 3.63) is 46.8 Å². The van der Waals surface area contributed by atoms with Crippen LogP contribution in [0.15, 0.2) is 45.5 Å². The fourth-order valence-corrected chi connectivity index (χ4v) is 8.23. The Morgan fingerprint density at radius 2 is 1.84 bits per heavy atom. The quantitative estimate of drug-likeness (QED) is 0.213. The first-order valence-electron chi connectivity index (χ1n) is 10.7. The predicted octanol–water partition coefficient (Wildman–Crippen LogP) is 0.207. The van der Waals surface area contributed by atoms with Gasteiger partial charge >= 0.3 is 5.97 Å². The lowest BCUT2D eigenvalue weighted by molar-refractivity contribution is -0.139. The van der Waals surface area contributed by atoms with Crippen LogP contribution in [-0.4, -0.2) is 72.6 Å². The molecule has 1 aliphatic carbocycles. The van der Waals surface area contributed by atoms with Crippen molar-refractivity contribution in [1.29, 1.82) is 0 Å². The summed E-state index contributed by atoms with van der Waals surface area (Å²) in [5, 5.41) is 11.6. The van der Waals surface area contributed by atoms with E-state index in [1.165, 1.54) is 30.3 Å². The van der Waals surface area contributed by atoms with Gasteiger partial charge in [0.1, 0.15) is 16.0 Å². The average Bonchev–Trinajstić information content (AvgIpc) is 3.26. The zero-order chi connectivity index (χ0) is 27.6. The maximum Gasteiger partial charge on any atom is 0.308 e. The molecule has 1 aromatic carbocycles. The number of thiophene rings is 1. The molecule has 1 fully saturated rings. The molecule has 1 heterocycles. The van der Waals surface area contributed by atoms with Crippen LogP contribution in [0.5, 0.6) is 0 Å². The molecule has 202 valence electrons. The molecular formula is C21H24N2O10S4. The van der Waals surface area contributed by atoms with Gasteiger partial charge in [0.2, 0.25) is 10.0 Å². The highest BCUT2D eigenvalue weighted by Crippen LogP contribution is 2.43. The van der Waals surface area contributed by atoms with Crippen LogP contribution in [0.25, 0.3) is 0 Å². The van der Waals surface area contributed by atoms with E-state index in [1.54, 1.807) is 0 Å². The number of carboxylic acid groups (broad SMARTS) is 1. The number of hydrogen-bond donors (Lipinski definition) is 3. The van der Waals surface area contributed by atoms with Gasteiger partial charge in [0.15, 0.2) is 19.7 Å². The smallest absolute Gasteiger partial charge is 0.308 e. The van der Waals surface area contributed by atoms with Crippen LogP contribution in [0.3, 0.4) is 0 Å². The van der Waals surface area contributed by atoms with Gasteiger partial charge in [0, 0.05) is 12.8 Å². The van der Waals surface area contributed by atoms with Gasteiger partial charge in [-0.1, -0.05) is 12.1 Å². The monoisotopic (exact) mass is 592 g/mol. The van der Waals surface area contributed by atoms with E-state index < -0.39 is 58.8 Å². The second-order valence-electron chi connectivity index (χ2n) is 8.60. The second kappa shape index (κ2) is 10.6. The van der Waals surface area contributed by atoms with Gasteiger partial charge < -0.3 is 15.2 Å². The standard InChI is InChI=1S/C21H24N2O10S4/c1-35(28,29)18-7-6-17(34-18)19(25)22-8-3-9-36(30,31)12-14-4-2-5-15(10-14)37(32,33)23-21(13-24)11-16(21)20(26)27/h2,4-7,10,13,16,23H,3,8-9,11-12H2,1H3,(H,22,25)(H,26,27)/t16-,21?/m0/s1. The highest BCUT2D eigenvalue weighted by atomic mass is 32.2. The van der Waals surface area contributed by atoms with Gasteiger partial charge in [-0.2, -0.15) is 4.72 Å². The zero-order valence-electron chi connectivity index (χ0n) is 19.4. The van der Waals surface area contributed by atoms with Crippen molar-refractivity contribution in [2.75, 3.05) is 18.6 Å². The van der Waals surface area contributed by atoms with Gasteiger partial charge in [0.05, 0.1) is 27.2 Å². The summed E-state index contributed by atoms with van der Waals surface area (Å²) in [6.07, 6.45) is 1.16. The fourth-order valence-electron chi connectivity index (χ4n) is 3.51. The Kier molecular flexibility index (Phi) is 8.28. The Bertz CT molecular complexity index is 1540. The predicted molar refractivity (Wildman–Crippen MR) is 133 cm³/mol. The van der Waals surface area contributed by atoms with E-state index in [0.717, 1.165) is 23.7 Å². The molecular weight excluding hydrogens is 569 g/mol. The van der Waals surface area contributed by atoms with Crippen molar-refractivity contribution in [3.8, 4) is 0 Å². The molecule has 1 aromatic heterocycles. The Labute approximate surface area is 218 Å². The Hall–Kier alpha value is -2.66. The number of aldehydes is 1. The third-order valence-corrected chi connectivity index (χ3v) is 11.6. The molecule has 2 aromatic rings. The minimum Gasteiger partial charge on any atom is -0.481 e. The first-order valence-corrected chi connectivity index (χ1v) is 16.7. The molecule has 3 N–H and O–H groups in total. The molecule has 1 unspecified atom stereocenters. The SMILES string of the molecule is CS(=O)(=O)c1ccc(C(=O)NCCCS(=O)(=O)Cc2cccc(S(=O)(=O)NC3(C=O)C[C@H]3C(=O)O)c2)s1. The molecule has 1 saturated carbocycles. The van der Waals surface area contributed by atoms with Crippen LogP contribution < -0.4 is 10.0 Å². The minimum atomic E-state index is -4.30. The maximum absolute atomic E-state index is 12.7. The zero-order valence-corrected chi connectivity index (χ0v) is 22.7. The number of sulfonamides is 1. The molecule has 3 rings (SSSR count). The lowest BCUT2D eigenvalue weighted by Gasteiger charge is -2.13. The summed E-state index contributed by atoms with van der Waals surface area (Å²) in [4.78, 5) is 34.5. The summed E-state index contributed by atoms with van der Waals surface area (Å²) in [6, 6.07) is 7.77. The summed E-state index contributed by atoms with van der Waals surface area (Å²) >= 11 is 0.806. The summed E-state index contributed by atoms with van der Waals surface area (Å²) in [6.45, 7) is 0.0149. The number of sulfone groups is 2. The van der Waals surface area contributed by atoms with E-state index in [0.29, 0.717) is 0 Å². The molecule has 2 atom stereocenters. The first kappa shape index (κ1) is 28.9. The number of benzene rings is 1. The van der Waals surface area contributed by atoms with Crippen molar-refractivity contribution in [1.82, 2.24) is 10.0 Å². The summed E-state index contributed by atoms with van der Waals surface area (Å²) in [7, 11) is -11.4. The largest absolute Gasteiger partial charge is 0.481 e. The summed E-state index contributed by atoms with van der Waals surface area (Å²) in [5.41, 5.74) is -1.56. The van der Waals surface area contributed by atoms with E-state index >= 15 is 0 Å². The van der Waals surface area contributed by atoms with Crippen molar-refractivity contribution < 1.29 is 44.7 Å². The number of carboxylic acids is 1. The third-order valence-electron chi connectivity index (χ3n) is 5.52. The summed E-state index contributed by atoms with van der Waals surface area (Å²) < 4.78 is 75.7. The number of amides is 1. The second-order valence-corrected chi connectivity index (χ2v) is 15.8. The molecule has 0 aliphatic heterocycles. The molecule has 0 bridgehead atoms. The average molecular weight is 593 g/mol. The Balaban J connectivity index is 1.56. The van der Waals surface area contributed by atoms with E-state index in [4.69, 9.17) is 5.11 Å². The van der Waals surface area contributed by atoms with Gasteiger partial charge in [-0.25, -0.2) is 25.3 Å². The van der Waals surface area contributed by atoms with Crippen LogP contribution in [0.1, 0.15) is 28.1 Å². The maximum atomic E-state index is 12.7. The van der Waals surface area contributed by atoms with Gasteiger partial charge in [0.25, 0.3) is 5.91 Å². The number of carbonyl (C=O) groups excluding carboxylic acids is 2. The lowest BCUT2D eigenvalue weighted by atomic mass is 10.2. The molecule has 37 heavy (non-hydrogen) atoms. The van der Waals surface area contributed by atoms with Gasteiger partial charge in [-0.3, -0.25) is 9.59 Å². The summed E-state index contributed by atoms with van der Waals surface area (Å²) in [5.74, 6) is -3.80. The molecule has 0 saturated heterocycles.